The van der Waals surface area contributed by atoms with Crippen molar-refractivity contribution in [2.24, 2.45) is 0 Å². The summed E-state index contributed by atoms with van der Waals surface area (Å²) in [5.41, 5.74) is 3.16. The van der Waals surface area contributed by atoms with Crippen molar-refractivity contribution in [3.8, 4) is 6.07 Å². The number of amides is 1. The third kappa shape index (κ3) is 4.33. The van der Waals surface area contributed by atoms with Crippen molar-refractivity contribution < 1.29 is 4.79 Å². The first kappa shape index (κ1) is 19.0. The van der Waals surface area contributed by atoms with E-state index < -0.39 is 0 Å². The van der Waals surface area contributed by atoms with Crippen LogP contribution >= 0.6 is 11.3 Å². The number of fused-ring (bicyclic) bond motifs is 1. The van der Waals surface area contributed by atoms with Gasteiger partial charge in [0.05, 0.1) is 21.8 Å². The fourth-order valence-electron chi connectivity index (χ4n) is 2.86. The highest BCUT2D eigenvalue weighted by Crippen LogP contribution is 2.31. The van der Waals surface area contributed by atoms with Crippen LogP contribution in [0.5, 0.6) is 0 Å². The number of benzene rings is 2. The van der Waals surface area contributed by atoms with Crippen LogP contribution in [0.3, 0.4) is 0 Å². The van der Waals surface area contributed by atoms with Gasteiger partial charge in [0.2, 0.25) is 0 Å². The second kappa shape index (κ2) is 8.30. The summed E-state index contributed by atoms with van der Waals surface area (Å²) in [6, 6.07) is 14.9. The molecule has 1 heterocycles. The quantitative estimate of drug-likeness (QED) is 0.649. The zero-order valence-corrected chi connectivity index (χ0v) is 16.6. The molecule has 3 rings (SSSR count). The van der Waals surface area contributed by atoms with Gasteiger partial charge in [0.25, 0.3) is 5.91 Å². The lowest BCUT2D eigenvalue weighted by Gasteiger charge is -2.21. The summed E-state index contributed by atoms with van der Waals surface area (Å²) in [7, 11) is 4.04. The molecule has 5 nitrogen and oxygen atoms in total. The molecule has 0 saturated heterocycles. The third-order valence-electron chi connectivity index (χ3n) is 4.33. The van der Waals surface area contributed by atoms with E-state index in [0.29, 0.717) is 22.8 Å². The normalized spacial score (nSPS) is 10.9. The molecule has 0 N–H and O–H groups in total. The predicted octanol–water partition coefficient (Wildman–Crippen LogP) is 4.07. The third-order valence-corrected chi connectivity index (χ3v) is 5.38. The van der Waals surface area contributed by atoms with Crippen LogP contribution in [-0.2, 0) is 0 Å². The molecular formula is C21H22N4OS. The van der Waals surface area contributed by atoms with Crippen molar-refractivity contribution >= 4 is 32.6 Å². The minimum atomic E-state index is -0.0880. The van der Waals surface area contributed by atoms with Gasteiger partial charge in [-0.2, -0.15) is 5.26 Å². The van der Waals surface area contributed by atoms with Gasteiger partial charge in [-0.3, -0.25) is 9.69 Å². The summed E-state index contributed by atoms with van der Waals surface area (Å²) in [6.45, 7) is 3.52. The summed E-state index contributed by atoms with van der Waals surface area (Å²) in [5.74, 6) is -0.0880. The number of rotatable bonds is 6. The molecule has 0 aliphatic rings. The fourth-order valence-corrected chi connectivity index (χ4v) is 3.93. The predicted molar refractivity (Wildman–Crippen MR) is 110 cm³/mol. The average molecular weight is 379 g/mol. The van der Waals surface area contributed by atoms with Crippen molar-refractivity contribution in [3.05, 3.63) is 59.2 Å². The molecule has 0 aliphatic heterocycles. The number of aromatic nitrogens is 1. The minimum absolute atomic E-state index is 0.0880. The smallest absolute Gasteiger partial charge is 0.260 e. The number of thiazole rings is 1. The number of carbonyl (C=O) groups is 1. The molecule has 0 aliphatic carbocycles. The van der Waals surface area contributed by atoms with E-state index in [9.17, 15) is 4.79 Å². The van der Waals surface area contributed by atoms with Crippen LogP contribution < -0.4 is 4.90 Å². The van der Waals surface area contributed by atoms with E-state index in [1.807, 2.05) is 39.2 Å². The molecule has 2 aromatic carbocycles. The van der Waals surface area contributed by atoms with Gasteiger partial charge < -0.3 is 4.90 Å². The number of nitrogens with zero attached hydrogens (tertiary/aromatic N) is 4. The molecule has 0 spiro atoms. The Morgan fingerprint density at radius 2 is 1.89 bits per heavy atom. The molecule has 3 aromatic rings. The molecule has 27 heavy (non-hydrogen) atoms. The lowest BCUT2D eigenvalue weighted by Crippen LogP contribution is -2.33. The van der Waals surface area contributed by atoms with Gasteiger partial charge in [0, 0.05) is 12.1 Å². The summed E-state index contributed by atoms with van der Waals surface area (Å²) in [4.78, 5) is 21.8. The molecular weight excluding hydrogens is 356 g/mol. The van der Waals surface area contributed by atoms with Crippen LogP contribution in [0.2, 0.25) is 0 Å². The lowest BCUT2D eigenvalue weighted by atomic mass is 10.1. The highest BCUT2D eigenvalue weighted by atomic mass is 32.1. The van der Waals surface area contributed by atoms with E-state index in [2.05, 4.69) is 11.0 Å². The van der Waals surface area contributed by atoms with E-state index in [1.54, 1.807) is 29.2 Å². The van der Waals surface area contributed by atoms with Gasteiger partial charge in [0.15, 0.2) is 5.13 Å². The Morgan fingerprint density at radius 3 is 2.52 bits per heavy atom. The monoisotopic (exact) mass is 378 g/mol. The van der Waals surface area contributed by atoms with Crippen LogP contribution in [-0.4, -0.2) is 43.0 Å². The zero-order chi connectivity index (χ0) is 19.4. The Bertz CT molecular complexity index is 986. The van der Waals surface area contributed by atoms with E-state index >= 15 is 0 Å². The van der Waals surface area contributed by atoms with Gasteiger partial charge >= 0.3 is 0 Å². The first-order chi connectivity index (χ1) is 13.0. The van der Waals surface area contributed by atoms with Crippen LogP contribution in [0.1, 0.15) is 27.9 Å². The van der Waals surface area contributed by atoms with Gasteiger partial charge in [-0.05, 0) is 69.9 Å². The Labute approximate surface area is 163 Å². The van der Waals surface area contributed by atoms with Gasteiger partial charge in [-0.15, -0.1) is 0 Å². The fraction of sp³-hybridized carbons (Fsp3) is 0.286. The molecule has 1 amide bonds. The highest BCUT2D eigenvalue weighted by molar-refractivity contribution is 7.22. The van der Waals surface area contributed by atoms with Crippen molar-refractivity contribution in [1.29, 1.82) is 5.26 Å². The topological polar surface area (TPSA) is 60.2 Å². The molecule has 0 fully saturated rings. The number of aryl methyl sites for hydroxylation is 1. The van der Waals surface area contributed by atoms with Crippen LogP contribution in [0.4, 0.5) is 5.13 Å². The van der Waals surface area contributed by atoms with Crippen molar-refractivity contribution in [2.45, 2.75) is 13.3 Å². The Kier molecular flexibility index (Phi) is 5.84. The van der Waals surface area contributed by atoms with Gasteiger partial charge in [-0.25, -0.2) is 4.98 Å². The number of hydrogen-bond acceptors (Lipinski definition) is 5. The SMILES string of the molecule is Cc1cccc2sc(N(CCCN(C)C)C(=O)c3ccc(C#N)cc3)nc12. The second-order valence-electron chi connectivity index (χ2n) is 6.72. The molecule has 1 aromatic heterocycles. The Morgan fingerprint density at radius 1 is 1.15 bits per heavy atom. The van der Waals surface area contributed by atoms with Gasteiger partial charge in [0.1, 0.15) is 0 Å². The molecule has 138 valence electrons. The van der Waals surface area contributed by atoms with E-state index in [4.69, 9.17) is 10.2 Å². The van der Waals surface area contributed by atoms with Crippen LogP contribution in [0.25, 0.3) is 10.2 Å². The standard InChI is InChI=1S/C21H22N4OS/c1-15-6-4-7-18-19(15)23-21(27-18)25(13-5-12-24(2)3)20(26)17-10-8-16(14-22)9-11-17/h4,6-11H,5,12-13H2,1-3H3. The van der Waals surface area contributed by atoms with E-state index in [-0.39, 0.29) is 5.91 Å². The summed E-state index contributed by atoms with van der Waals surface area (Å²) in [5, 5.41) is 9.69. The maximum absolute atomic E-state index is 13.2. The second-order valence-corrected chi connectivity index (χ2v) is 7.73. The van der Waals surface area contributed by atoms with E-state index in [0.717, 1.165) is 28.7 Å². The van der Waals surface area contributed by atoms with Crippen LogP contribution in [0.15, 0.2) is 42.5 Å². The van der Waals surface area contributed by atoms with Crippen LogP contribution in [0, 0.1) is 18.3 Å². The molecule has 0 atom stereocenters. The highest BCUT2D eigenvalue weighted by Gasteiger charge is 2.21. The zero-order valence-electron chi connectivity index (χ0n) is 15.8. The van der Waals surface area contributed by atoms with E-state index in [1.165, 1.54) is 11.3 Å². The number of carbonyl (C=O) groups excluding carboxylic acids is 1. The first-order valence-corrected chi connectivity index (χ1v) is 9.64. The average Bonchev–Trinajstić information content (AvgIpc) is 3.10. The van der Waals surface area contributed by atoms with Crippen molar-refractivity contribution in [1.82, 2.24) is 9.88 Å². The molecule has 0 bridgehead atoms. The maximum atomic E-state index is 13.2. The molecule has 0 saturated carbocycles. The van der Waals surface area contributed by atoms with Crippen molar-refractivity contribution in [2.75, 3.05) is 32.1 Å². The number of para-hydroxylation sites is 1. The Balaban J connectivity index is 1.94. The Hall–Kier alpha value is -2.75. The minimum Gasteiger partial charge on any atom is -0.309 e. The molecule has 0 radical (unpaired) electrons. The van der Waals surface area contributed by atoms with Crippen molar-refractivity contribution in [3.63, 3.8) is 0 Å². The molecule has 6 heteroatoms. The summed E-state index contributed by atoms with van der Waals surface area (Å²) in [6.07, 6.45) is 0.851. The first-order valence-electron chi connectivity index (χ1n) is 8.82. The number of anilines is 1. The number of nitriles is 1. The maximum Gasteiger partial charge on any atom is 0.260 e. The largest absolute Gasteiger partial charge is 0.309 e. The number of hydrogen-bond donors (Lipinski definition) is 0. The van der Waals surface area contributed by atoms with Gasteiger partial charge in [-0.1, -0.05) is 23.5 Å². The molecule has 0 unspecified atom stereocenters. The summed E-state index contributed by atoms with van der Waals surface area (Å²) >= 11 is 1.54. The lowest BCUT2D eigenvalue weighted by molar-refractivity contribution is 0.0986. The summed E-state index contributed by atoms with van der Waals surface area (Å²) < 4.78 is 1.08.